The zero-order chi connectivity index (χ0) is 12.4. The lowest BCUT2D eigenvalue weighted by molar-refractivity contribution is 0.0518. The van der Waals surface area contributed by atoms with Crippen molar-refractivity contribution < 1.29 is 14.3 Å². The Bertz CT molecular complexity index is 592. The van der Waals surface area contributed by atoms with Crippen LogP contribution in [0.1, 0.15) is 33.5 Å². The van der Waals surface area contributed by atoms with E-state index < -0.39 is 5.97 Å². The summed E-state index contributed by atoms with van der Waals surface area (Å²) in [5.74, 6) is -0.573. The third-order valence-corrected chi connectivity index (χ3v) is 2.40. The molecule has 0 aliphatic heterocycles. The summed E-state index contributed by atoms with van der Waals surface area (Å²) in [6.07, 6.45) is 2.33. The number of aromatic nitrogens is 2. The van der Waals surface area contributed by atoms with Gasteiger partial charge in [-0.3, -0.25) is 9.20 Å². The minimum atomic E-state index is -0.573. The van der Waals surface area contributed by atoms with Gasteiger partial charge in [-0.2, -0.15) is 0 Å². The van der Waals surface area contributed by atoms with E-state index in [-0.39, 0.29) is 30.4 Å². The van der Waals surface area contributed by atoms with Gasteiger partial charge in [0.05, 0.1) is 6.61 Å². The lowest BCUT2D eigenvalue weighted by Crippen LogP contribution is -2.08. The maximum atomic E-state index is 11.6. The Labute approximate surface area is 110 Å². The largest absolute Gasteiger partial charge is 0.461 e. The second-order valence-corrected chi connectivity index (χ2v) is 3.62. The van der Waals surface area contributed by atoms with E-state index in [2.05, 4.69) is 4.98 Å². The molecule has 2 aromatic rings. The van der Waals surface area contributed by atoms with Crippen LogP contribution >= 0.6 is 12.4 Å². The number of ether oxygens (including phenoxy) is 1. The van der Waals surface area contributed by atoms with Gasteiger partial charge in [0.2, 0.25) is 0 Å². The molecule has 0 bridgehead atoms. The number of aldehydes is 1. The van der Waals surface area contributed by atoms with E-state index in [4.69, 9.17) is 4.74 Å². The Morgan fingerprint density at radius 3 is 2.89 bits per heavy atom. The third-order valence-electron chi connectivity index (χ3n) is 2.40. The number of carbonyl (C=O) groups excluding carboxylic acids is 2. The summed E-state index contributed by atoms with van der Waals surface area (Å²) in [5, 5.41) is 0. The number of esters is 1. The number of hydrogen-bond donors (Lipinski definition) is 0. The quantitative estimate of drug-likeness (QED) is 0.631. The van der Waals surface area contributed by atoms with Crippen LogP contribution in [0.2, 0.25) is 0 Å². The number of fused-ring (bicyclic) bond motifs is 1. The minimum absolute atomic E-state index is 0. The molecular formula is C12H13ClN2O3. The highest BCUT2D eigenvalue weighted by molar-refractivity contribution is 5.96. The molecule has 5 nitrogen and oxygen atoms in total. The number of halogens is 1. The summed E-state index contributed by atoms with van der Waals surface area (Å²) in [6.45, 7) is 3.88. The molecule has 18 heavy (non-hydrogen) atoms. The Kier molecular flexibility index (Phi) is 4.44. The summed E-state index contributed by atoms with van der Waals surface area (Å²) in [6, 6.07) is 3.65. The highest BCUT2D eigenvalue weighted by atomic mass is 35.5. The molecule has 0 aliphatic rings. The van der Waals surface area contributed by atoms with Gasteiger partial charge in [0.25, 0.3) is 0 Å². The van der Waals surface area contributed by atoms with E-state index >= 15 is 0 Å². The average molecular weight is 269 g/mol. The number of carbonyl (C=O) groups is 2. The SMILES string of the molecule is CCOC(=O)c1nc2cc(C)ccn2c1C=O.Cl. The van der Waals surface area contributed by atoms with Gasteiger partial charge in [0.1, 0.15) is 11.3 Å². The second kappa shape index (κ2) is 5.64. The van der Waals surface area contributed by atoms with Gasteiger partial charge in [-0.1, -0.05) is 0 Å². The topological polar surface area (TPSA) is 60.7 Å². The van der Waals surface area contributed by atoms with Crippen molar-refractivity contribution in [3.63, 3.8) is 0 Å². The predicted octanol–water partition coefficient (Wildman–Crippen LogP) is 2.05. The Hall–Kier alpha value is -1.88. The molecule has 2 heterocycles. The van der Waals surface area contributed by atoms with E-state index in [1.165, 1.54) is 0 Å². The molecule has 0 unspecified atom stereocenters. The monoisotopic (exact) mass is 268 g/mol. The number of nitrogens with zero attached hydrogens (tertiary/aromatic N) is 2. The molecule has 0 saturated heterocycles. The van der Waals surface area contributed by atoms with Crippen molar-refractivity contribution >= 4 is 30.3 Å². The van der Waals surface area contributed by atoms with Crippen LogP contribution in [0.5, 0.6) is 0 Å². The summed E-state index contributed by atoms with van der Waals surface area (Å²) in [5.41, 5.74) is 1.86. The number of pyridine rings is 1. The van der Waals surface area contributed by atoms with E-state index in [0.29, 0.717) is 11.9 Å². The van der Waals surface area contributed by atoms with E-state index in [0.717, 1.165) is 5.56 Å². The predicted molar refractivity (Wildman–Crippen MR) is 68.5 cm³/mol. The van der Waals surface area contributed by atoms with Crippen molar-refractivity contribution in [2.75, 3.05) is 6.61 Å². The Morgan fingerprint density at radius 1 is 1.56 bits per heavy atom. The van der Waals surface area contributed by atoms with Crippen molar-refractivity contribution in [1.29, 1.82) is 0 Å². The molecule has 0 atom stereocenters. The maximum absolute atomic E-state index is 11.6. The number of imidazole rings is 1. The first kappa shape index (κ1) is 14.2. The molecule has 0 spiro atoms. The normalized spacial score (nSPS) is 9.89. The molecule has 0 aliphatic carbocycles. The van der Waals surface area contributed by atoms with Gasteiger partial charge >= 0.3 is 5.97 Å². The molecule has 0 aromatic carbocycles. The molecule has 0 saturated carbocycles. The van der Waals surface area contributed by atoms with Crippen LogP contribution in [-0.4, -0.2) is 28.2 Å². The van der Waals surface area contributed by atoms with Crippen LogP contribution in [0.25, 0.3) is 5.65 Å². The van der Waals surface area contributed by atoms with E-state index in [9.17, 15) is 9.59 Å². The molecule has 0 radical (unpaired) electrons. The second-order valence-electron chi connectivity index (χ2n) is 3.62. The van der Waals surface area contributed by atoms with Crippen LogP contribution in [-0.2, 0) is 4.74 Å². The molecular weight excluding hydrogens is 256 g/mol. The third kappa shape index (κ3) is 2.36. The van der Waals surface area contributed by atoms with Gasteiger partial charge < -0.3 is 4.74 Å². The lowest BCUT2D eigenvalue weighted by atomic mass is 10.3. The van der Waals surface area contributed by atoms with Gasteiger partial charge in [-0.25, -0.2) is 9.78 Å². The summed E-state index contributed by atoms with van der Waals surface area (Å²) < 4.78 is 6.43. The van der Waals surface area contributed by atoms with Gasteiger partial charge in [0, 0.05) is 6.20 Å². The first-order chi connectivity index (χ1) is 8.17. The highest BCUT2D eigenvalue weighted by Crippen LogP contribution is 2.13. The molecule has 0 N–H and O–H groups in total. The smallest absolute Gasteiger partial charge is 0.359 e. The van der Waals surface area contributed by atoms with Gasteiger partial charge in [-0.15, -0.1) is 12.4 Å². The number of aryl methyl sites for hydroxylation is 1. The Morgan fingerprint density at radius 2 is 2.28 bits per heavy atom. The zero-order valence-corrected chi connectivity index (χ0v) is 10.9. The number of rotatable bonds is 3. The van der Waals surface area contributed by atoms with Crippen molar-refractivity contribution in [2.24, 2.45) is 0 Å². The molecule has 6 heteroatoms. The lowest BCUT2D eigenvalue weighted by Gasteiger charge is -1.98. The molecule has 2 rings (SSSR count). The average Bonchev–Trinajstić information content (AvgIpc) is 2.66. The van der Waals surface area contributed by atoms with Crippen LogP contribution in [0.15, 0.2) is 18.3 Å². The fourth-order valence-electron chi connectivity index (χ4n) is 1.63. The van der Waals surface area contributed by atoms with Crippen molar-refractivity contribution in [2.45, 2.75) is 13.8 Å². The van der Waals surface area contributed by atoms with E-state index in [1.807, 2.05) is 13.0 Å². The first-order valence-electron chi connectivity index (χ1n) is 5.28. The molecule has 0 fully saturated rings. The summed E-state index contributed by atoms with van der Waals surface area (Å²) in [4.78, 5) is 26.8. The van der Waals surface area contributed by atoms with Gasteiger partial charge in [0.15, 0.2) is 12.0 Å². The molecule has 2 aromatic heterocycles. The van der Waals surface area contributed by atoms with E-state index in [1.54, 1.807) is 23.6 Å². The van der Waals surface area contributed by atoms with Crippen molar-refractivity contribution in [3.05, 3.63) is 35.3 Å². The molecule has 96 valence electrons. The fourth-order valence-corrected chi connectivity index (χ4v) is 1.63. The van der Waals surface area contributed by atoms with Crippen LogP contribution < -0.4 is 0 Å². The summed E-state index contributed by atoms with van der Waals surface area (Å²) >= 11 is 0. The van der Waals surface area contributed by atoms with Crippen LogP contribution in [0, 0.1) is 6.92 Å². The fraction of sp³-hybridized carbons (Fsp3) is 0.250. The Balaban J connectivity index is 0.00000162. The highest BCUT2D eigenvalue weighted by Gasteiger charge is 2.19. The zero-order valence-electron chi connectivity index (χ0n) is 10.0. The standard InChI is InChI=1S/C12H12N2O3.ClH/c1-3-17-12(16)11-9(7-15)14-5-4-8(2)6-10(14)13-11;/h4-7H,3H2,1-2H3;1H. The number of hydrogen-bond acceptors (Lipinski definition) is 4. The first-order valence-corrected chi connectivity index (χ1v) is 5.28. The van der Waals surface area contributed by atoms with Crippen molar-refractivity contribution in [1.82, 2.24) is 9.38 Å². The van der Waals surface area contributed by atoms with Crippen LogP contribution in [0.4, 0.5) is 0 Å². The van der Waals surface area contributed by atoms with Crippen LogP contribution in [0.3, 0.4) is 0 Å². The molecule has 0 amide bonds. The minimum Gasteiger partial charge on any atom is -0.461 e. The van der Waals surface area contributed by atoms with Crippen molar-refractivity contribution in [3.8, 4) is 0 Å². The van der Waals surface area contributed by atoms with Gasteiger partial charge in [-0.05, 0) is 31.5 Å². The maximum Gasteiger partial charge on any atom is 0.359 e. The summed E-state index contributed by atoms with van der Waals surface area (Å²) in [7, 11) is 0.